The first kappa shape index (κ1) is 11.9. The predicted molar refractivity (Wildman–Crippen MR) is 53.7 cm³/mol. The van der Waals surface area contributed by atoms with Crippen LogP contribution in [0.3, 0.4) is 0 Å². The van der Waals surface area contributed by atoms with Crippen LogP contribution in [-0.4, -0.2) is 7.11 Å². The second-order valence-electron chi connectivity index (χ2n) is 2.29. The van der Waals surface area contributed by atoms with E-state index in [1.807, 2.05) is 26.8 Å². The number of para-hydroxylation sites is 1. The number of hydrogen-bond acceptors (Lipinski definition) is 1. The second-order valence-corrected chi connectivity index (χ2v) is 2.29. The summed E-state index contributed by atoms with van der Waals surface area (Å²) in [7, 11) is 1.48. The van der Waals surface area contributed by atoms with Gasteiger partial charge in [-0.05, 0) is 18.1 Å². The van der Waals surface area contributed by atoms with Crippen LogP contribution in [0.15, 0.2) is 18.2 Å². The number of halogens is 1. The van der Waals surface area contributed by atoms with Gasteiger partial charge in [0.15, 0.2) is 11.6 Å². The van der Waals surface area contributed by atoms with Gasteiger partial charge in [-0.25, -0.2) is 4.39 Å². The highest BCUT2D eigenvalue weighted by Crippen LogP contribution is 2.21. The summed E-state index contributed by atoms with van der Waals surface area (Å²) in [6.07, 6.45) is 0.793. The molecule has 0 fully saturated rings. The molecule has 13 heavy (non-hydrogen) atoms. The SMILES string of the molecule is CC.CCc1cccc(F)c1OC. The highest BCUT2D eigenvalue weighted by atomic mass is 19.1. The first-order valence-electron chi connectivity index (χ1n) is 4.61. The Hall–Kier alpha value is -1.05. The normalized spacial score (nSPS) is 8.69. The average molecular weight is 184 g/mol. The van der Waals surface area contributed by atoms with E-state index in [0.29, 0.717) is 5.75 Å². The maximum atomic E-state index is 12.9. The van der Waals surface area contributed by atoms with Crippen LogP contribution >= 0.6 is 0 Å². The summed E-state index contributed by atoms with van der Waals surface area (Å²) in [5.74, 6) is 0.0850. The van der Waals surface area contributed by atoms with Crippen LogP contribution in [-0.2, 0) is 6.42 Å². The molecular formula is C11H17FO. The summed E-state index contributed by atoms with van der Waals surface area (Å²) in [6, 6.07) is 4.95. The van der Waals surface area contributed by atoms with E-state index in [-0.39, 0.29) is 5.82 Å². The Morgan fingerprint density at radius 2 is 1.92 bits per heavy atom. The smallest absolute Gasteiger partial charge is 0.165 e. The van der Waals surface area contributed by atoms with Gasteiger partial charge in [0.1, 0.15) is 0 Å². The average Bonchev–Trinajstić information content (AvgIpc) is 2.20. The van der Waals surface area contributed by atoms with Crippen molar-refractivity contribution in [3.63, 3.8) is 0 Å². The molecule has 0 aliphatic rings. The van der Waals surface area contributed by atoms with Gasteiger partial charge in [-0.15, -0.1) is 0 Å². The lowest BCUT2D eigenvalue weighted by Gasteiger charge is -2.05. The van der Waals surface area contributed by atoms with E-state index < -0.39 is 0 Å². The molecule has 0 aromatic heterocycles. The maximum absolute atomic E-state index is 12.9. The van der Waals surface area contributed by atoms with Gasteiger partial charge in [0.25, 0.3) is 0 Å². The lowest BCUT2D eigenvalue weighted by atomic mass is 10.1. The number of hydrogen-bond donors (Lipinski definition) is 0. The number of methoxy groups -OCH3 is 1. The van der Waals surface area contributed by atoms with Crippen molar-refractivity contribution >= 4 is 0 Å². The Kier molecular flexibility index (Phi) is 5.94. The molecule has 1 nitrogen and oxygen atoms in total. The van der Waals surface area contributed by atoms with E-state index in [1.165, 1.54) is 13.2 Å². The minimum atomic E-state index is -0.285. The molecule has 2 heteroatoms. The van der Waals surface area contributed by atoms with Gasteiger partial charge in [-0.3, -0.25) is 0 Å². The fourth-order valence-corrected chi connectivity index (χ4v) is 1.06. The van der Waals surface area contributed by atoms with Gasteiger partial charge < -0.3 is 4.74 Å². The summed E-state index contributed by atoms with van der Waals surface area (Å²) >= 11 is 0. The molecule has 0 spiro atoms. The van der Waals surface area contributed by atoms with E-state index in [9.17, 15) is 4.39 Å². The topological polar surface area (TPSA) is 9.23 Å². The Bertz CT molecular complexity index is 246. The van der Waals surface area contributed by atoms with Gasteiger partial charge in [0.2, 0.25) is 0 Å². The van der Waals surface area contributed by atoms with Crippen molar-refractivity contribution < 1.29 is 9.13 Å². The molecule has 0 N–H and O–H groups in total. The highest BCUT2D eigenvalue weighted by molar-refractivity contribution is 5.34. The third-order valence-electron chi connectivity index (χ3n) is 1.63. The summed E-state index contributed by atoms with van der Waals surface area (Å²) in [5, 5.41) is 0. The zero-order valence-corrected chi connectivity index (χ0v) is 8.73. The van der Waals surface area contributed by atoms with Gasteiger partial charge in [0.05, 0.1) is 7.11 Å². The molecule has 0 amide bonds. The molecule has 74 valence electrons. The lowest BCUT2D eigenvalue weighted by molar-refractivity contribution is 0.382. The lowest BCUT2D eigenvalue weighted by Crippen LogP contribution is -1.93. The third kappa shape index (κ3) is 3.05. The standard InChI is InChI=1S/C9H11FO.C2H6/c1-3-7-5-4-6-8(10)9(7)11-2;1-2/h4-6H,3H2,1-2H3;1-2H3. The van der Waals surface area contributed by atoms with Crippen LogP contribution in [0, 0.1) is 5.82 Å². The summed E-state index contributed by atoms with van der Waals surface area (Å²) in [4.78, 5) is 0. The molecule has 1 rings (SSSR count). The first-order chi connectivity index (χ1) is 6.29. The molecule has 0 radical (unpaired) electrons. The molecule has 0 bridgehead atoms. The Balaban J connectivity index is 0.000000671. The molecule has 0 saturated heterocycles. The van der Waals surface area contributed by atoms with E-state index in [4.69, 9.17) is 4.74 Å². The molecule has 1 aromatic rings. The Labute approximate surface area is 79.5 Å². The van der Waals surface area contributed by atoms with E-state index in [0.717, 1.165) is 12.0 Å². The minimum absolute atomic E-state index is 0.285. The van der Waals surface area contributed by atoms with Crippen molar-refractivity contribution in [2.24, 2.45) is 0 Å². The first-order valence-corrected chi connectivity index (χ1v) is 4.61. The minimum Gasteiger partial charge on any atom is -0.493 e. The zero-order valence-electron chi connectivity index (χ0n) is 8.73. The monoisotopic (exact) mass is 184 g/mol. The van der Waals surface area contributed by atoms with Crippen LogP contribution in [0.25, 0.3) is 0 Å². The Morgan fingerprint density at radius 3 is 2.31 bits per heavy atom. The Morgan fingerprint density at radius 1 is 1.31 bits per heavy atom. The van der Waals surface area contributed by atoms with Crippen molar-refractivity contribution in [3.05, 3.63) is 29.6 Å². The zero-order chi connectivity index (χ0) is 10.3. The number of aryl methyl sites for hydroxylation is 1. The van der Waals surface area contributed by atoms with Gasteiger partial charge in [0, 0.05) is 0 Å². The van der Waals surface area contributed by atoms with Gasteiger partial charge >= 0.3 is 0 Å². The fraction of sp³-hybridized carbons (Fsp3) is 0.455. The van der Waals surface area contributed by atoms with Crippen LogP contribution < -0.4 is 4.74 Å². The van der Waals surface area contributed by atoms with E-state index >= 15 is 0 Å². The molecule has 0 aliphatic heterocycles. The molecule has 0 unspecified atom stereocenters. The van der Waals surface area contributed by atoms with Crippen molar-refractivity contribution in [1.82, 2.24) is 0 Å². The molecule has 0 aliphatic carbocycles. The molecule has 1 aromatic carbocycles. The van der Waals surface area contributed by atoms with Crippen molar-refractivity contribution in [2.45, 2.75) is 27.2 Å². The van der Waals surface area contributed by atoms with Crippen LogP contribution in [0.1, 0.15) is 26.3 Å². The van der Waals surface area contributed by atoms with Crippen LogP contribution in [0.2, 0.25) is 0 Å². The molecular weight excluding hydrogens is 167 g/mol. The fourth-order valence-electron chi connectivity index (χ4n) is 1.06. The second kappa shape index (κ2) is 6.46. The van der Waals surface area contributed by atoms with Crippen molar-refractivity contribution in [2.75, 3.05) is 7.11 Å². The highest BCUT2D eigenvalue weighted by Gasteiger charge is 2.05. The molecule has 0 saturated carbocycles. The van der Waals surface area contributed by atoms with Crippen LogP contribution in [0.5, 0.6) is 5.75 Å². The maximum Gasteiger partial charge on any atom is 0.165 e. The molecule has 0 heterocycles. The van der Waals surface area contributed by atoms with Crippen LogP contribution in [0.4, 0.5) is 4.39 Å². The quantitative estimate of drug-likeness (QED) is 0.684. The number of ether oxygens (including phenoxy) is 1. The third-order valence-corrected chi connectivity index (χ3v) is 1.63. The predicted octanol–water partition coefficient (Wildman–Crippen LogP) is 3.42. The summed E-state index contributed by atoms with van der Waals surface area (Å²) in [6.45, 7) is 5.97. The van der Waals surface area contributed by atoms with Gasteiger partial charge in [-0.1, -0.05) is 32.9 Å². The van der Waals surface area contributed by atoms with E-state index in [2.05, 4.69) is 0 Å². The summed E-state index contributed by atoms with van der Waals surface area (Å²) < 4.78 is 17.8. The van der Waals surface area contributed by atoms with Gasteiger partial charge in [-0.2, -0.15) is 0 Å². The number of rotatable bonds is 2. The van der Waals surface area contributed by atoms with Crippen molar-refractivity contribution in [3.8, 4) is 5.75 Å². The summed E-state index contributed by atoms with van der Waals surface area (Å²) in [5.41, 5.74) is 0.910. The number of benzene rings is 1. The molecule has 0 atom stereocenters. The van der Waals surface area contributed by atoms with E-state index in [1.54, 1.807) is 6.07 Å². The van der Waals surface area contributed by atoms with Crippen molar-refractivity contribution in [1.29, 1.82) is 0 Å². The largest absolute Gasteiger partial charge is 0.493 e.